The van der Waals surface area contributed by atoms with E-state index in [1.807, 2.05) is 0 Å². The van der Waals surface area contributed by atoms with Crippen molar-refractivity contribution in [2.75, 3.05) is 14.1 Å². The highest BCUT2D eigenvalue weighted by Gasteiger charge is 2.07. The van der Waals surface area contributed by atoms with E-state index < -0.39 is 0 Å². The molecular formula is C10H19N5O. The van der Waals surface area contributed by atoms with Crippen LogP contribution in [0.1, 0.15) is 19.5 Å². The molecular weight excluding hydrogens is 206 g/mol. The van der Waals surface area contributed by atoms with Crippen molar-refractivity contribution >= 4 is 5.91 Å². The van der Waals surface area contributed by atoms with Gasteiger partial charge in [-0.1, -0.05) is 19.1 Å². The number of carbonyl (C=O) groups is 1. The summed E-state index contributed by atoms with van der Waals surface area (Å²) in [5, 5.41) is 11.1. The molecule has 6 heteroatoms. The Morgan fingerprint density at radius 3 is 2.81 bits per heavy atom. The molecule has 1 amide bonds. The largest absolute Gasteiger partial charge is 0.347 e. The van der Waals surface area contributed by atoms with Crippen molar-refractivity contribution in [1.29, 1.82) is 0 Å². The standard InChI is InChI=1S/C10H19N5O/c1-8(2)11-5-9-6-15(13-12-9)7-10(16)14(3)4/h6,8,11H,5,7H2,1-4H3. The molecule has 0 fully saturated rings. The van der Waals surface area contributed by atoms with Crippen LogP contribution >= 0.6 is 0 Å². The van der Waals surface area contributed by atoms with Crippen LogP contribution in [-0.4, -0.2) is 45.9 Å². The fourth-order valence-electron chi connectivity index (χ4n) is 1.09. The number of amides is 1. The van der Waals surface area contributed by atoms with Crippen LogP contribution in [0.15, 0.2) is 6.20 Å². The van der Waals surface area contributed by atoms with Crippen molar-refractivity contribution in [1.82, 2.24) is 25.2 Å². The average Bonchev–Trinajstić information content (AvgIpc) is 2.62. The van der Waals surface area contributed by atoms with E-state index in [0.29, 0.717) is 12.6 Å². The quantitative estimate of drug-likeness (QED) is 0.758. The molecule has 1 N–H and O–H groups in total. The first-order valence-electron chi connectivity index (χ1n) is 5.31. The lowest BCUT2D eigenvalue weighted by atomic mass is 10.3. The van der Waals surface area contributed by atoms with E-state index in [-0.39, 0.29) is 12.5 Å². The van der Waals surface area contributed by atoms with Gasteiger partial charge in [-0.3, -0.25) is 4.79 Å². The van der Waals surface area contributed by atoms with Crippen LogP contribution in [0.25, 0.3) is 0 Å². The van der Waals surface area contributed by atoms with Crippen molar-refractivity contribution in [3.8, 4) is 0 Å². The molecule has 1 rings (SSSR count). The number of likely N-dealkylation sites (N-methyl/N-ethyl adjacent to an activating group) is 1. The minimum absolute atomic E-state index is 0.00766. The molecule has 0 aromatic carbocycles. The first-order chi connectivity index (χ1) is 7.49. The number of nitrogens with zero attached hydrogens (tertiary/aromatic N) is 4. The maximum atomic E-state index is 11.4. The summed E-state index contributed by atoms with van der Waals surface area (Å²) in [4.78, 5) is 12.9. The van der Waals surface area contributed by atoms with Gasteiger partial charge in [-0.05, 0) is 0 Å². The molecule has 90 valence electrons. The van der Waals surface area contributed by atoms with Gasteiger partial charge in [-0.2, -0.15) is 0 Å². The SMILES string of the molecule is CC(C)NCc1cn(CC(=O)N(C)C)nn1. The zero-order valence-electron chi connectivity index (χ0n) is 10.3. The molecule has 0 saturated heterocycles. The maximum Gasteiger partial charge on any atom is 0.243 e. The van der Waals surface area contributed by atoms with Gasteiger partial charge in [-0.25, -0.2) is 4.68 Å². The number of aromatic nitrogens is 3. The fourth-order valence-corrected chi connectivity index (χ4v) is 1.09. The van der Waals surface area contributed by atoms with Gasteiger partial charge in [0, 0.05) is 26.7 Å². The Labute approximate surface area is 95.6 Å². The highest BCUT2D eigenvalue weighted by Crippen LogP contribution is 1.94. The Balaban J connectivity index is 2.48. The lowest BCUT2D eigenvalue weighted by Crippen LogP contribution is -2.26. The molecule has 1 aromatic rings. The van der Waals surface area contributed by atoms with Gasteiger partial charge >= 0.3 is 0 Å². The van der Waals surface area contributed by atoms with Gasteiger partial charge < -0.3 is 10.2 Å². The van der Waals surface area contributed by atoms with Gasteiger partial charge in [0.25, 0.3) is 0 Å². The van der Waals surface area contributed by atoms with Gasteiger partial charge in [0.05, 0.1) is 11.9 Å². The Bertz CT molecular complexity index is 345. The summed E-state index contributed by atoms with van der Waals surface area (Å²) < 4.78 is 1.56. The summed E-state index contributed by atoms with van der Waals surface area (Å²) in [5.74, 6) is 0.00766. The lowest BCUT2D eigenvalue weighted by Gasteiger charge is -2.08. The van der Waals surface area contributed by atoms with E-state index in [1.165, 1.54) is 4.90 Å². The van der Waals surface area contributed by atoms with E-state index in [4.69, 9.17) is 0 Å². The molecule has 0 aliphatic rings. The second-order valence-electron chi connectivity index (χ2n) is 4.23. The minimum atomic E-state index is 0.00766. The predicted octanol–water partition coefficient (Wildman–Crippen LogP) is -0.136. The van der Waals surface area contributed by atoms with E-state index >= 15 is 0 Å². The van der Waals surface area contributed by atoms with Crippen LogP contribution < -0.4 is 5.32 Å². The smallest absolute Gasteiger partial charge is 0.243 e. The van der Waals surface area contributed by atoms with E-state index in [1.54, 1.807) is 25.0 Å². The zero-order valence-corrected chi connectivity index (χ0v) is 10.3. The second kappa shape index (κ2) is 5.60. The Morgan fingerprint density at radius 1 is 1.56 bits per heavy atom. The Morgan fingerprint density at radius 2 is 2.25 bits per heavy atom. The van der Waals surface area contributed by atoms with Crippen molar-refractivity contribution in [2.45, 2.75) is 33.0 Å². The van der Waals surface area contributed by atoms with Crippen LogP contribution in [0.5, 0.6) is 0 Å². The summed E-state index contributed by atoms with van der Waals surface area (Å²) in [6.45, 7) is 5.05. The average molecular weight is 225 g/mol. The molecule has 1 aromatic heterocycles. The van der Waals surface area contributed by atoms with Crippen molar-refractivity contribution in [2.24, 2.45) is 0 Å². The second-order valence-corrected chi connectivity index (χ2v) is 4.23. The summed E-state index contributed by atoms with van der Waals surface area (Å²) in [6.07, 6.45) is 1.79. The summed E-state index contributed by atoms with van der Waals surface area (Å²) in [6, 6.07) is 0.411. The van der Waals surface area contributed by atoms with Gasteiger partial charge in [-0.15, -0.1) is 5.10 Å². The maximum absolute atomic E-state index is 11.4. The first kappa shape index (κ1) is 12.6. The molecule has 0 saturated carbocycles. The molecule has 1 heterocycles. The van der Waals surface area contributed by atoms with E-state index in [0.717, 1.165) is 5.69 Å². The van der Waals surface area contributed by atoms with Crippen LogP contribution in [-0.2, 0) is 17.9 Å². The van der Waals surface area contributed by atoms with Gasteiger partial charge in [0.15, 0.2) is 0 Å². The monoisotopic (exact) mass is 225 g/mol. The van der Waals surface area contributed by atoms with Crippen LogP contribution in [0, 0.1) is 0 Å². The number of hydrogen-bond donors (Lipinski definition) is 1. The van der Waals surface area contributed by atoms with Crippen LogP contribution in [0.4, 0.5) is 0 Å². The molecule has 6 nitrogen and oxygen atoms in total. The molecule has 0 bridgehead atoms. The summed E-state index contributed by atoms with van der Waals surface area (Å²) in [5.41, 5.74) is 0.847. The number of carbonyl (C=O) groups excluding carboxylic acids is 1. The highest BCUT2D eigenvalue weighted by atomic mass is 16.2. The van der Waals surface area contributed by atoms with Crippen LogP contribution in [0.3, 0.4) is 0 Å². The van der Waals surface area contributed by atoms with Gasteiger partial charge in [0.2, 0.25) is 5.91 Å². The summed E-state index contributed by atoms with van der Waals surface area (Å²) in [7, 11) is 3.45. The molecule has 0 atom stereocenters. The molecule has 0 unspecified atom stereocenters. The van der Waals surface area contributed by atoms with Crippen molar-refractivity contribution in [3.05, 3.63) is 11.9 Å². The van der Waals surface area contributed by atoms with Crippen molar-refractivity contribution < 1.29 is 4.79 Å². The third-order valence-electron chi connectivity index (χ3n) is 2.07. The van der Waals surface area contributed by atoms with Crippen molar-refractivity contribution in [3.63, 3.8) is 0 Å². The minimum Gasteiger partial charge on any atom is -0.347 e. The molecule has 0 aliphatic heterocycles. The van der Waals surface area contributed by atoms with E-state index in [9.17, 15) is 4.79 Å². The first-order valence-corrected chi connectivity index (χ1v) is 5.31. The third kappa shape index (κ3) is 3.98. The fraction of sp³-hybridized carbons (Fsp3) is 0.700. The molecule has 0 spiro atoms. The number of hydrogen-bond acceptors (Lipinski definition) is 4. The Hall–Kier alpha value is -1.43. The molecule has 0 radical (unpaired) electrons. The van der Waals surface area contributed by atoms with Crippen LogP contribution in [0.2, 0.25) is 0 Å². The predicted molar refractivity (Wildman–Crippen MR) is 60.7 cm³/mol. The number of rotatable bonds is 5. The third-order valence-corrected chi connectivity index (χ3v) is 2.07. The molecule has 0 aliphatic carbocycles. The number of nitrogens with one attached hydrogen (secondary N) is 1. The normalized spacial score (nSPS) is 10.8. The summed E-state index contributed by atoms with van der Waals surface area (Å²) >= 11 is 0. The van der Waals surface area contributed by atoms with Gasteiger partial charge in [0.1, 0.15) is 6.54 Å². The Kier molecular flexibility index (Phi) is 4.42. The molecule has 16 heavy (non-hydrogen) atoms. The van der Waals surface area contributed by atoms with E-state index in [2.05, 4.69) is 29.5 Å². The highest BCUT2D eigenvalue weighted by molar-refractivity contribution is 5.75. The lowest BCUT2D eigenvalue weighted by molar-refractivity contribution is -0.129. The topological polar surface area (TPSA) is 63.1 Å². The zero-order chi connectivity index (χ0) is 12.1.